The first kappa shape index (κ1) is 36.4. The number of hydrogen-bond donors (Lipinski definition) is 0. The van der Waals surface area contributed by atoms with Gasteiger partial charge in [0.2, 0.25) is 0 Å². The third kappa shape index (κ3) is 6.36. The molecular formula is C59H44N2. The van der Waals surface area contributed by atoms with Gasteiger partial charge in [-0.3, -0.25) is 0 Å². The molecule has 0 amide bonds. The van der Waals surface area contributed by atoms with Gasteiger partial charge in [-0.15, -0.1) is 0 Å². The number of hydrogen-bond acceptors (Lipinski definition) is 2. The fourth-order valence-corrected chi connectivity index (χ4v) is 9.57. The van der Waals surface area contributed by atoms with Crippen LogP contribution in [0.2, 0.25) is 0 Å². The van der Waals surface area contributed by atoms with Crippen molar-refractivity contribution in [1.29, 1.82) is 0 Å². The van der Waals surface area contributed by atoms with Crippen LogP contribution in [0.25, 0.3) is 54.9 Å². The van der Waals surface area contributed by atoms with Crippen LogP contribution in [-0.4, -0.2) is 0 Å². The van der Waals surface area contributed by atoms with Crippen molar-refractivity contribution in [2.75, 3.05) is 9.80 Å². The normalized spacial score (nSPS) is 12.6. The molecule has 10 aromatic carbocycles. The van der Waals surface area contributed by atoms with E-state index in [4.69, 9.17) is 0 Å². The molecule has 10 aromatic rings. The summed E-state index contributed by atoms with van der Waals surface area (Å²) in [4.78, 5) is 4.77. The van der Waals surface area contributed by atoms with Crippen LogP contribution in [0.1, 0.15) is 25.0 Å². The maximum Gasteiger partial charge on any atom is 0.0465 e. The Balaban J connectivity index is 0.960. The monoisotopic (exact) mass is 780 g/mol. The summed E-state index contributed by atoms with van der Waals surface area (Å²) >= 11 is 0. The number of fused-ring (bicyclic) bond motifs is 5. The molecule has 0 saturated heterocycles. The van der Waals surface area contributed by atoms with Gasteiger partial charge in [-0.1, -0.05) is 172 Å². The van der Waals surface area contributed by atoms with E-state index in [1.807, 2.05) is 0 Å². The summed E-state index contributed by atoms with van der Waals surface area (Å²) in [5.74, 6) is 0. The second-order valence-corrected chi connectivity index (χ2v) is 16.6. The maximum absolute atomic E-state index is 2.42. The highest BCUT2D eigenvalue weighted by atomic mass is 15.1. The molecule has 0 aromatic heterocycles. The topological polar surface area (TPSA) is 6.48 Å². The maximum atomic E-state index is 2.42. The summed E-state index contributed by atoms with van der Waals surface area (Å²) in [6.45, 7) is 4.76. The Morgan fingerprint density at radius 1 is 0.279 bits per heavy atom. The number of benzene rings is 10. The summed E-state index contributed by atoms with van der Waals surface area (Å²) in [5, 5.41) is 5.04. The Kier molecular flexibility index (Phi) is 8.86. The lowest BCUT2D eigenvalue weighted by molar-refractivity contribution is 0.660. The molecule has 0 unspecified atom stereocenters. The highest BCUT2D eigenvalue weighted by Gasteiger charge is 2.37. The smallest absolute Gasteiger partial charge is 0.0465 e. The van der Waals surface area contributed by atoms with E-state index >= 15 is 0 Å². The first-order valence-corrected chi connectivity index (χ1v) is 21.2. The zero-order valence-electron chi connectivity index (χ0n) is 34.3. The fourth-order valence-electron chi connectivity index (χ4n) is 9.57. The fraction of sp³-hybridized carbons (Fsp3) is 0.0508. The Bertz CT molecular complexity index is 2970. The minimum Gasteiger partial charge on any atom is -0.310 e. The molecule has 0 atom stereocenters. The van der Waals surface area contributed by atoms with Gasteiger partial charge >= 0.3 is 0 Å². The number of nitrogens with zero attached hydrogens (tertiary/aromatic N) is 2. The number of rotatable bonds is 8. The average Bonchev–Trinajstić information content (AvgIpc) is 3.54. The van der Waals surface area contributed by atoms with E-state index in [9.17, 15) is 0 Å². The lowest BCUT2D eigenvalue weighted by atomic mass is 9.82. The highest BCUT2D eigenvalue weighted by Crippen LogP contribution is 2.52. The third-order valence-electron chi connectivity index (χ3n) is 12.6. The van der Waals surface area contributed by atoms with Crippen LogP contribution in [0.3, 0.4) is 0 Å². The van der Waals surface area contributed by atoms with Crippen LogP contribution in [0.4, 0.5) is 34.1 Å². The van der Waals surface area contributed by atoms with Crippen molar-refractivity contribution < 1.29 is 0 Å². The van der Waals surface area contributed by atoms with Crippen LogP contribution in [0.15, 0.2) is 231 Å². The first-order valence-electron chi connectivity index (χ1n) is 21.2. The van der Waals surface area contributed by atoms with Gasteiger partial charge in [-0.2, -0.15) is 0 Å². The lowest BCUT2D eigenvalue weighted by Gasteiger charge is -2.29. The zero-order chi connectivity index (χ0) is 40.9. The quantitative estimate of drug-likeness (QED) is 0.152. The van der Waals surface area contributed by atoms with Gasteiger partial charge in [0.1, 0.15) is 0 Å². The predicted octanol–water partition coefficient (Wildman–Crippen LogP) is 16.6. The van der Waals surface area contributed by atoms with Crippen molar-refractivity contribution in [1.82, 2.24) is 0 Å². The molecule has 61 heavy (non-hydrogen) atoms. The summed E-state index contributed by atoms with van der Waals surface area (Å²) in [5.41, 5.74) is 16.7. The van der Waals surface area contributed by atoms with E-state index in [2.05, 4.69) is 254 Å². The van der Waals surface area contributed by atoms with Crippen LogP contribution in [0.5, 0.6) is 0 Å². The predicted molar refractivity (Wildman–Crippen MR) is 259 cm³/mol. The molecule has 1 aliphatic carbocycles. The Morgan fingerprint density at radius 2 is 0.623 bits per heavy atom. The van der Waals surface area contributed by atoms with E-state index in [0.29, 0.717) is 0 Å². The number of anilines is 6. The van der Waals surface area contributed by atoms with Crippen molar-refractivity contribution in [3.63, 3.8) is 0 Å². The van der Waals surface area contributed by atoms with Crippen molar-refractivity contribution in [2.24, 2.45) is 0 Å². The van der Waals surface area contributed by atoms with Gasteiger partial charge in [0.15, 0.2) is 0 Å². The van der Waals surface area contributed by atoms with Crippen molar-refractivity contribution in [3.05, 3.63) is 242 Å². The molecule has 0 aliphatic heterocycles. The Labute approximate surface area is 358 Å². The second-order valence-electron chi connectivity index (χ2n) is 16.6. The molecule has 0 fully saturated rings. The standard InChI is InChI=1S/C59H44N2/c1-59(2)57-39-49(60(45-19-5-3-6-20-45)47-31-27-43(28-32-47)53-25-13-17-41-15-9-11-23-51(41)53)35-37-55(57)56-38-36-50(40-58(56)59)61(46-21-7-4-8-22-46)48-33-29-44(30-34-48)54-26-14-18-42-16-10-12-24-52(42)54/h3-40H,1-2H3. The summed E-state index contributed by atoms with van der Waals surface area (Å²) in [7, 11) is 0. The molecule has 2 heteroatoms. The van der Waals surface area contributed by atoms with Crippen molar-refractivity contribution in [2.45, 2.75) is 19.3 Å². The van der Waals surface area contributed by atoms with Gasteiger partial charge in [0, 0.05) is 39.5 Å². The molecule has 0 N–H and O–H groups in total. The van der Waals surface area contributed by atoms with Crippen LogP contribution in [0, 0.1) is 0 Å². The van der Waals surface area contributed by atoms with Gasteiger partial charge in [-0.25, -0.2) is 0 Å². The van der Waals surface area contributed by atoms with Gasteiger partial charge in [-0.05, 0) is 139 Å². The highest BCUT2D eigenvalue weighted by molar-refractivity contribution is 5.98. The lowest BCUT2D eigenvalue weighted by Crippen LogP contribution is -2.17. The van der Waals surface area contributed by atoms with Gasteiger partial charge < -0.3 is 9.80 Å². The minimum absolute atomic E-state index is 0.238. The van der Waals surface area contributed by atoms with Gasteiger partial charge in [0.05, 0.1) is 0 Å². The Hall–Kier alpha value is -7.68. The molecule has 11 rings (SSSR count). The zero-order valence-corrected chi connectivity index (χ0v) is 34.3. The molecular weight excluding hydrogens is 737 g/mol. The minimum atomic E-state index is -0.238. The van der Waals surface area contributed by atoms with Gasteiger partial charge in [0.25, 0.3) is 0 Å². The molecule has 0 bridgehead atoms. The molecule has 2 nitrogen and oxygen atoms in total. The first-order chi connectivity index (χ1) is 30.0. The van der Waals surface area contributed by atoms with E-state index in [0.717, 1.165) is 34.1 Å². The second kappa shape index (κ2) is 14.9. The summed E-state index contributed by atoms with van der Waals surface area (Å²) in [6, 6.07) is 84.0. The summed E-state index contributed by atoms with van der Waals surface area (Å²) < 4.78 is 0. The average molecular weight is 781 g/mol. The van der Waals surface area contributed by atoms with Crippen molar-refractivity contribution >= 4 is 55.7 Å². The molecule has 0 spiro atoms. The summed E-state index contributed by atoms with van der Waals surface area (Å²) in [6.07, 6.45) is 0. The van der Waals surface area contributed by atoms with E-state index in [-0.39, 0.29) is 5.41 Å². The van der Waals surface area contributed by atoms with E-state index in [1.54, 1.807) is 0 Å². The number of para-hydroxylation sites is 2. The van der Waals surface area contributed by atoms with Crippen molar-refractivity contribution in [3.8, 4) is 33.4 Å². The molecule has 1 aliphatic rings. The molecule has 290 valence electrons. The van der Waals surface area contributed by atoms with Crippen LogP contribution < -0.4 is 9.80 Å². The van der Waals surface area contributed by atoms with E-state index < -0.39 is 0 Å². The molecule has 0 saturated carbocycles. The van der Waals surface area contributed by atoms with E-state index in [1.165, 1.54) is 66.1 Å². The SMILES string of the molecule is CC1(C)c2cc(N(c3ccccc3)c3ccc(-c4cccc5ccccc45)cc3)ccc2-c2ccc(N(c3ccccc3)c3ccc(-c4cccc5ccccc45)cc3)cc21. The van der Waals surface area contributed by atoms with Crippen LogP contribution in [-0.2, 0) is 5.41 Å². The van der Waals surface area contributed by atoms with Crippen LogP contribution >= 0.6 is 0 Å². The largest absolute Gasteiger partial charge is 0.310 e. The molecule has 0 radical (unpaired) electrons. The molecule has 0 heterocycles. The Morgan fingerprint density at radius 3 is 1.05 bits per heavy atom. The third-order valence-corrected chi connectivity index (χ3v) is 12.6.